The van der Waals surface area contributed by atoms with Crippen LogP contribution in [0.25, 0.3) is 22.3 Å². The quantitative estimate of drug-likeness (QED) is 0.666. The zero-order valence-corrected chi connectivity index (χ0v) is 13.0. The average Bonchev–Trinajstić information content (AvgIpc) is 2.88. The molecule has 5 nitrogen and oxygen atoms in total. The lowest BCUT2D eigenvalue weighted by molar-refractivity contribution is 0.432. The maximum atomic E-state index is 14.7. The van der Waals surface area contributed by atoms with E-state index in [1.54, 1.807) is 60.7 Å². The van der Waals surface area contributed by atoms with E-state index in [0.717, 1.165) is 0 Å². The third-order valence-corrected chi connectivity index (χ3v) is 4.30. The summed E-state index contributed by atoms with van der Waals surface area (Å²) in [6.07, 6.45) is 0. The second-order valence-corrected chi connectivity index (χ2v) is 6.24. The van der Waals surface area contributed by atoms with Gasteiger partial charge in [-0.1, -0.05) is 60.7 Å². The number of nitrogens with zero attached hydrogens (tertiary/aromatic N) is 1. The first kappa shape index (κ1) is 14.6. The van der Waals surface area contributed by atoms with Gasteiger partial charge in [0.1, 0.15) is 0 Å². The number of halogens is 1. The van der Waals surface area contributed by atoms with Crippen LogP contribution in [0.15, 0.2) is 60.7 Å². The van der Waals surface area contributed by atoms with E-state index in [4.69, 9.17) is 4.18 Å². The van der Waals surface area contributed by atoms with Crippen molar-refractivity contribution in [1.29, 1.82) is 0 Å². The minimum atomic E-state index is -4.28. The smallest absolute Gasteiger partial charge is 0.346 e. The SMILES string of the molecule is O=S1(=O)Oc2nc(F)c(-c3ccccc3)c(-c3ccccc3)c2O1. The van der Waals surface area contributed by atoms with Gasteiger partial charge in [-0.25, -0.2) is 0 Å². The van der Waals surface area contributed by atoms with Crippen molar-refractivity contribution >= 4 is 10.4 Å². The van der Waals surface area contributed by atoms with Crippen molar-refractivity contribution in [2.45, 2.75) is 0 Å². The lowest BCUT2D eigenvalue weighted by Crippen LogP contribution is -2.08. The molecule has 1 aliphatic rings. The van der Waals surface area contributed by atoms with E-state index < -0.39 is 22.2 Å². The normalized spacial score (nSPS) is 14.5. The Morgan fingerprint density at radius 3 is 1.92 bits per heavy atom. The molecule has 0 bridgehead atoms. The third kappa shape index (κ3) is 2.39. The molecule has 0 radical (unpaired) electrons. The van der Waals surface area contributed by atoms with Gasteiger partial charge in [-0.05, 0) is 11.1 Å². The van der Waals surface area contributed by atoms with E-state index >= 15 is 0 Å². The van der Waals surface area contributed by atoms with E-state index in [9.17, 15) is 12.8 Å². The van der Waals surface area contributed by atoms with Gasteiger partial charge in [0.2, 0.25) is 11.7 Å². The summed E-state index contributed by atoms with van der Waals surface area (Å²) < 4.78 is 47.5. The Kier molecular flexibility index (Phi) is 3.24. The fourth-order valence-corrected chi connectivity index (χ4v) is 3.32. The first-order valence-electron chi connectivity index (χ1n) is 7.03. The third-order valence-electron chi connectivity index (χ3n) is 3.57. The summed E-state index contributed by atoms with van der Waals surface area (Å²) in [5.74, 6) is -1.34. The Morgan fingerprint density at radius 2 is 1.33 bits per heavy atom. The molecule has 120 valence electrons. The average molecular weight is 343 g/mol. The molecule has 0 atom stereocenters. The molecule has 0 fully saturated rings. The van der Waals surface area contributed by atoms with E-state index in [0.29, 0.717) is 11.1 Å². The topological polar surface area (TPSA) is 65.5 Å². The first-order valence-corrected chi connectivity index (χ1v) is 8.37. The number of rotatable bonds is 2. The fourth-order valence-electron chi connectivity index (χ4n) is 2.62. The highest BCUT2D eigenvalue weighted by Gasteiger charge is 2.36. The highest BCUT2D eigenvalue weighted by atomic mass is 32.3. The van der Waals surface area contributed by atoms with Gasteiger partial charge in [-0.2, -0.15) is 9.37 Å². The molecule has 2 heterocycles. The lowest BCUT2D eigenvalue weighted by atomic mass is 9.95. The van der Waals surface area contributed by atoms with Crippen molar-refractivity contribution in [2.75, 3.05) is 0 Å². The summed E-state index contributed by atoms with van der Waals surface area (Å²) in [6, 6.07) is 17.5. The standard InChI is InChI=1S/C17H10FNO4S/c18-16-14(12-9-5-2-6-10-12)13(11-7-3-1-4-8-11)15-17(19-16)23-24(20,21)22-15/h1-10H. The van der Waals surface area contributed by atoms with Gasteiger partial charge < -0.3 is 8.37 Å². The van der Waals surface area contributed by atoms with Crippen LogP contribution in [0.3, 0.4) is 0 Å². The lowest BCUT2D eigenvalue weighted by Gasteiger charge is -2.12. The van der Waals surface area contributed by atoms with Crippen molar-refractivity contribution in [3.05, 3.63) is 66.6 Å². The van der Waals surface area contributed by atoms with E-state index in [-0.39, 0.29) is 16.9 Å². The van der Waals surface area contributed by atoms with Crippen molar-refractivity contribution in [2.24, 2.45) is 0 Å². The number of benzene rings is 2. The zero-order chi connectivity index (χ0) is 16.7. The molecule has 3 aromatic rings. The first-order chi connectivity index (χ1) is 11.6. The molecule has 1 aromatic heterocycles. The summed E-state index contributed by atoms with van der Waals surface area (Å²) in [4.78, 5) is 3.62. The Bertz CT molecular complexity index is 1020. The molecule has 0 amide bonds. The minimum absolute atomic E-state index is 0.110. The van der Waals surface area contributed by atoms with Crippen molar-refractivity contribution < 1.29 is 21.2 Å². The monoisotopic (exact) mass is 343 g/mol. The fraction of sp³-hybridized carbons (Fsp3) is 0. The van der Waals surface area contributed by atoms with E-state index in [1.807, 2.05) is 0 Å². The number of pyridine rings is 1. The molecule has 4 rings (SSSR count). The largest absolute Gasteiger partial charge is 0.502 e. The molecule has 1 aliphatic heterocycles. The second-order valence-electron chi connectivity index (χ2n) is 5.09. The molecule has 0 N–H and O–H groups in total. The molecule has 0 saturated heterocycles. The summed E-state index contributed by atoms with van der Waals surface area (Å²) in [5.41, 5.74) is 1.58. The molecule has 0 unspecified atom stereocenters. The van der Waals surface area contributed by atoms with Crippen LogP contribution in [0, 0.1) is 5.95 Å². The van der Waals surface area contributed by atoms with Gasteiger partial charge in [0.25, 0.3) is 5.88 Å². The van der Waals surface area contributed by atoms with Crippen LogP contribution in [0.5, 0.6) is 11.6 Å². The second kappa shape index (κ2) is 5.31. The predicted molar refractivity (Wildman–Crippen MR) is 85.2 cm³/mol. The minimum Gasteiger partial charge on any atom is -0.346 e. The van der Waals surface area contributed by atoms with E-state index in [2.05, 4.69) is 9.17 Å². The Morgan fingerprint density at radius 1 is 0.792 bits per heavy atom. The Balaban J connectivity index is 2.09. The highest BCUT2D eigenvalue weighted by Crippen LogP contribution is 2.48. The van der Waals surface area contributed by atoms with Crippen LogP contribution in [0.2, 0.25) is 0 Å². The van der Waals surface area contributed by atoms with Gasteiger partial charge in [0.15, 0.2) is 0 Å². The van der Waals surface area contributed by atoms with Crippen LogP contribution < -0.4 is 8.37 Å². The summed E-state index contributed by atoms with van der Waals surface area (Å²) >= 11 is 0. The molecular weight excluding hydrogens is 333 g/mol. The van der Waals surface area contributed by atoms with Gasteiger partial charge in [0.05, 0.1) is 0 Å². The summed E-state index contributed by atoms with van der Waals surface area (Å²) in [6.45, 7) is 0. The summed E-state index contributed by atoms with van der Waals surface area (Å²) in [7, 11) is -4.28. The van der Waals surface area contributed by atoms with Gasteiger partial charge in [-0.15, -0.1) is 8.42 Å². The highest BCUT2D eigenvalue weighted by molar-refractivity contribution is 7.82. The number of hydrogen-bond acceptors (Lipinski definition) is 5. The van der Waals surface area contributed by atoms with E-state index in [1.165, 1.54) is 0 Å². The van der Waals surface area contributed by atoms with Crippen molar-refractivity contribution in [1.82, 2.24) is 4.98 Å². The van der Waals surface area contributed by atoms with Gasteiger partial charge in [-0.3, -0.25) is 0 Å². The molecule has 24 heavy (non-hydrogen) atoms. The van der Waals surface area contributed by atoms with Crippen molar-refractivity contribution in [3.8, 4) is 33.9 Å². The number of fused-ring (bicyclic) bond motifs is 1. The van der Waals surface area contributed by atoms with Crippen LogP contribution in [-0.4, -0.2) is 13.4 Å². The van der Waals surface area contributed by atoms with Crippen LogP contribution in [0.4, 0.5) is 4.39 Å². The Hall–Kier alpha value is -2.93. The molecule has 7 heteroatoms. The predicted octanol–water partition coefficient (Wildman–Crippen LogP) is 3.57. The molecule has 0 aliphatic carbocycles. The zero-order valence-electron chi connectivity index (χ0n) is 12.1. The van der Waals surface area contributed by atoms with Crippen LogP contribution >= 0.6 is 0 Å². The summed E-state index contributed by atoms with van der Waals surface area (Å²) in [5, 5.41) is 0. The number of hydrogen-bond donors (Lipinski definition) is 0. The maximum absolute atomic E-state index is 14.7. The molecule has 2 aromatic carbocycles. The van der Waals surface area contributed by atoms with Crippen molar-refractivity contribution in [3.63, 3.8) is 0 Å². The van der Waals surface area contributed by atoms with Crippen LogP contribution in [-0.2, 0) is 10.4 Å². The molecule has 0 spiro atoms. The Labute approximate surface area is 137 Å². The molecule has 0 saturated carbocycles. The maximum Gasteiger partial charge on any atom is 0.502 e. The van der Waals surface area contributed by atoms with Crippen LogP contribution in [0.1, 0.15) is 0 Å². The number of aromatic nitrogens is 1. The van der Waals surface area contributed by atoms with Gasteiger partial charge in [0, 0.05) is 11.1 Å². The molecular formula is C17H10FNO4S. The van der Waals surface area contributed by atoms with Gasteiger partial charge >= 0.3 is 10.4 Å².